The summed E-state index contributed by atoms with van der Waals surface area (Å²) in [5.41, 5.74) is 0.987. The summed E-state index contributed by atoms with van der Waals surface area (Å²) in [6.07, 6.45) is 7.32. The number of aromatic nitrogens is 3. The zero-order valence-corrected chi connectivity index (χ0v) is 12.3. The van der Waals surface area contributed by atoms with E-state index in [0.29, 0.717) is 12.5 Å². The summed E-state index contributed by atoms with van der Waals surface area (Å²) >= 11 is 0. The second kappa shape index (κ2) is 8.68. The van der Waals surface area contributed by atoms with Gasteiger partial charge in [-0.3, -0.25) is 9.58 Å². The van der Waals surface area contributed by atoms with E-state index in [1.54, 1.807) is 0 Å². The molecular formula is C14H25N5. The Kier molecular flexibility index (Phi) is 7.16. The van der Waals surface area contributed by atoms with Crippen LogP contribution in [0.5, 0.6) is 0 Å². The van der Waals surface area contributed by atoms with Crippen molar-refractivity contribution in [1.29, 1.82) is 0 Å². The van der Waals surface area contributed by atoms with Crippen molar-refractivity contribution in [3.63, 3.8) is 0 Å². The molecule has 1 aromatic rings. The Labute approximate surface area is 116 Å². The Morgan fingerprint density at radius 2 is 2.32 bits per heavy atom. The molecule has 19 heavy (non-hydrogen) atoms. The average Bonchev–Trinajstić information content (AvgIpc) is 2.82. The number of rotatable bonds is 9. The quantitative estimate of drug-likeness (QED) is 0.675. The van der Waals surface area contributed by atoms with Crippen molar-refractivity contribution in [3.05, 3.63) is 11.9 Å². The fourth-order valence-electron chi connectivity index (χ4n) is 1.74. The monoisotopic (exact) mass is 263 g/mol. The smallest absolute Gasteiger partial charge is 0.0964 e. The predicted octanol–water partition coefficient (Wildman–Crippen LogP) is 0.979. The number of hydrogen-bond acceptors (Lipinski definition) is 4. The highest BCUT2D eigenvalue weighted by molar-refractivity contribution is 4.92. The van der Waals surface area contributed by atoms with Crippen LogP contribution in [-0.4, -0.2) is 46.1 Å². The van der Waals surface area contributed by atoms with Gasteiger partial charge in [0, 0.05) is 19.3 Å². The standard InChI is InChI=1S/C14H25N5/c1-5-7-18(6-2)8-9-19-12-14(16-17-19)11-15-10-13(3)4/h1,12-13,15H,6-11H2,2-4H3. The fourth-order valence-corrected chi connectivity index (χ4v) is 1.74. The van der Waals surface area contributed by atoms with E-state index in [1.165, 1.54) is 0 Å². The molecule has 0 saturated carbocycles. The van der Waals surface area contributed by atoms with Crippen LogP contribution in [0.4, 0.5) is 0 Å². The van der Waals surface area contributed by atoms with Crippen LogP contribution >= 0.6 is 0 Å². The molecule has 106 valence electrons. The summed E-state index contributed by atoms with van der Waals surface area (Å²) in [6.45, 7) is 11.6. The third-order valence-electron chi connectivity index (χ3n) is 2.85. The van der Waals surface area contributed by atoms with Gasteiger partial charge in [-0.15, -0.1) is 11.5 Å². The normalized spacial score (nSPS) is 11.2. The zero-order valence-electron chi connectivity index (χ0n) is 12.3. The lowest BCUT2D eigenvalue weighted by molar-refractivity contribution is 0.301. The molecule has 1 aromatic heterocycles. The van der Waals surface area contributed by atoms with Gasteiger partial charge in [-0.1, -0.05) is 31.9 Å². The van der Waals surface area contributed by atoms with E-state index in [4.69, 9.17) is 6.42 Å². The molecule has 5 nitrogen and oxygen atoms in total. The van der Waals surface area contributed by atoms with E-state index >= 15 is 0 Å². The van der Waals surface area contributed by atoms with Gasteiger partial charge in [-0.25, -0.2) is 0 Å². The number of terminal acetylenes is 1. The third kappa shape index (κ3) is 6.37. The highest BCUT2D eigenvalue weighted by Crippen LogP contribution is 1.96. The first-order valence-electron chi connectivity index (χ1n) is 6.91. The van der Waals surface area contributed by atoms with Crippen LogP contribution in [0, 0.1) is 18.3 Å². The molecule has 0 amide bonds. The number of nitrogens with one attached hydrogen (secondary N) is 1. The lowest BCUT2D eigenvalue weighted by atomic mass is 10.2. The summed E-state index contributed by atoms with van der Waals surface area (Å²) in [4.78, 5) is 2.21. The Bertz CT molecular complexity index is 391. The molecule has 0 spiro atoms. The summed E-state index contributed by atoms with van der Waals surface area (Å²) in [5, 5.41) is 11.6. The summed E-state index contributed by atoms with van der Waals surface area (Å²) in [6, 6.07) is 0. The van der Waals surface area contributed by atoms with Crippen molar-refractivity contribution in [2.75, 3.05) is 26.2 Å². The topological polar surface area (TPSA) is 46.0 Å². The van der Waals surface area contributed by atoms with Crippen molar-refractivity contribution in [3.8, 4) is 12.3 Å². The highest BCUT2D eigenvalue weighted by atomic mass is 15.4. The number of nitrogens with zero attached hydrogens (tertiary/aromatic N) is 4. The Balaban J connectivity index is 2.32. The maximum atomic E-state index is 5.32. The molecule has 0 aliphatic heterocycles. The fraction of sp³-hybridized carbons (Fsp3) is 0.714. The minimum absolute atomic E-state index is 0.650. The van der Waals surface area contributed by atoms with Crippen LogP contribution in [0.1, 0.15) is 26.5 Å². The maximum absolute atomic E-state index is 5.32. The lowest BCUT2D eigenvalue weighted by Gasteiger charge is -2.16. The molecule has 0 bridgehead atoms. The minimum atomic E-state index is 0.650. The van der Waals surface area contributed by atoms with Crippen LogP contribution in [0.3, 0.4) is 0 Å². The van der Waals surface area contributed by atoms with Crippen molar-refractivity contribution in [2.45, 2.75) is 33.9 Å². The lowest BCUT2D eigenvalue weighted by Crippen LogP contribution is -2.27. The van der Waals surface area contributed by atoms with E-state index in [0.717, 1.165) is 38.4 Å². The summed E-state index contributed by atoms with van der Waals surface area (Å²) < 4.78 is 1.88. The summed E-state index contributed by atoms with van der Waals surface area (Å²) in [5.74, 6) is 3.32. The van der Waals surface area contributed by atoms with E-state index in [1.807, 2.05) is 10.9 Å². The van der Waals surface area contributed by atoms with Crippen LogP contribution in [0.25, 0.3) is 0 Å². The van der Waals surface area contributed by atoms with Crippen LogP contribution in [0.15, 0.2) is 6.20 Å². The van der Waals surface area contributed by atoms with Gasteiger partial charge in [0.25, 0.3) is 0 Å². The molecule has 0 aliphatic rings. The molecule has 0 aromatic carbocycles. The molecule has 0 fully saturated rings. The Morgan fingerprint density at radius 1 is 1.53 bits per heavy atom. The van der Waals surface area contributed by atoms with Crippen LogP contribution in [-0.2, 0) is 13.1 Å². The van der Waals surface area contributed by atoms with Crippen molar-refractivity contribution in [1.82, 2.24) is 25.2 Å². The van der Waals surface area contributed by atoms with Crippen LogP contribution in [0.2, 0.25) is 0 Å². The molecule has 1 rings (SSSR count). The minimum Gasteiger partial charge on any atom is -0.311 e. The molecule has 1 heterocycles. The largest absolute Gasteiger partial charge is 0.311 e. The molecule has 0 radical (unpaired) electrons. The van der Waals surface area contributed by atoms with Gasteiger partial charge >= 0.3 is 0 Å². The first-order valence-corrected chi connectivity index (χ1v) is 6.91. The first-order chi connectivity index (χ1) is 9.15. The van der Waals surface area contributed by atoms with Gasteiger partial charge in [-0.2, -0.15) is 0 Å². The summed E-state index contributed by atoms with van der Waals surface area (Å²) in [7, 11) is 0. The average molecular weight is 263 g/mol. The van der Waals surface area contributed by atoms with Gasteiger partial charge in [0.05, 0.1) is 18.8 Å². The van der Waals surface area contributed by atoms with Crippen molar-refractivity contribution >= 4 is 0 Å². The van der Waals surface area contributed by atoms with Gasteiger partial charge in [-0.05, 0) is 19.0 Å². The molecular weight excluding hydrogens is 238 g/mol. The third-order valence-corrected chi connectivity index (χ3v) is 2.85. The van der Waals surface area contributed by atoms with Gasteiger partial charge in [0.2, 0.25) is 0 Å². The molecule has 0 unspecified atom stereocenters. The van der Waals surface area contributed by atoms with E-state index in [2.05, 4.69) is 47.2 Å². The first kappa shape index (κ1) is 15.7. The molecule has 1 N–H and O–H groups in total. The molecule has 0 atom stereocenters. The van der Waals surface area contributed by atoms with Gasteiger partial charge in [0.15, 0.2) is 0 Å². The SMILES string of the molecule is C#CCN(CC)CCn1cc(CNCC(C)C)nn1. The van der Waals surface area contributed by atoms with Crippen LogP contribution < -0.4 is 5.32 Å². The number of hydrogen-bond donors (Lipinski definition) is 1. The Hall–Kier alpha value is -1.38. The van der Waals surface area contributed by atoms with Gasteiger partial charge < -0.3 is 5.32 Å². The second-order valence-corrected chi connectivity index (χ2v) is 5.07. The second-order valence-electron chi connectivity index (χ2n) is 5.07. The van der Waals surface area contributed by atoms with Crippen molar-refractivity contribution < 1.29 is 0 Å². The predicted molar refractivity (Wildman–Crippen MR) is 77.5 cm³/mol. The molecule has 5 heteroatoms. The Morgan fingerprint density at radius 3 is 2.95 bits per heavy atom. The highest BCUT2D eigenvalue weighted by Gasteiger charge is 2.04. The van der Waals surface area contributed by atoms with E-state index in [9.17, 15) is 0 Å². The van der Waals surface area contributed by atoms with Crippen molar-refractivity contribution in [2.24, 2.45) is 5.92 Å². The number of likely N-dealkylation sites (N-methyl/N-ethyl adjacent to an activating group) is 1. The molecule has 0 saturated heterocycles. The van der Waals surface area contributed by atoms with E-state index < -0.39 is 0 Å². The van der Waals surface area contributed by atoms with E-state index in [-0.39, 0.29) is 0 Å². The zero-order chi connectivity index (χ0) is 14.1. The van der Waals surface area contributed by atoms with Gasteiger partial charge in [0.1, 0.15) is 0 Å². The maximum Gasteiger partial charge on any atom is 0.0964 e. The molecule has 0 aliphatic carbocycles.